The predicted molar refractivity (Wildman–Crippen MR) is 66.3 cm³/mol. The second-order valence-corrected chi connectivity index (χ2v) is 5.26. The number of rotatable bonds is 3. The maximum atomic E-state index is 5.61. The minimum absolute atomic E-state index is 0.177. The molecular weight excluding hydrogens is 216 g/mol. The van der Waals surface area contributed by atoms with Crippen molar-refractivity contribution in [2.75, 3.05) is 19.8 Å². The van der Waals surface area contributed by atoms with E-state index in [-0.39, 0.29) is 11.7 Å². The Morgan fingerprint density at radius 3 is 2.24 bits per heavy atom. The second-order valence-electron chi connectivity index (χ2n) is 5.26. The summed E-state index contributed by atoms with van der Waals surface area (Å²) in [6.07, 6.45) is -0.211. The van der Waals surface area contributed by atoms with E-state index in [1.807, 2.05) is 12.1 Å². The van der Waals surface area contributed by atoms with E-state index in [0.717, 1.165) is 5.75 Å². The lowest BCUT2D eigenvalue weighted by Crippen LogP contribution is -2.18. The van der Waals surface area contributed by atoms with Gasteiger partial charge in [0.05, 0.1) is 13.2 Å². The molecule has 3 heteroatoms. The topological polar surface area (TPSA) is 27.7 Å². The molecule has 0 unspecified atom stereocenters. The number of hydrogen-bond acceptors (Lipinski definition) is 3. The van der Waals surface area contributed by atoms with E-state index in [0.29, 0.717) is 19.8 Å². The van der Waals surface area contributed by atoms with Gasteiger partial charge in [-0.05, 0) is 23.1 Å². The van der Waals surface area contributed by atoms with Crippen LogP contribution in [-0.2, 0) is 14.9 Å². The molecule has 94 valence electrons. The molecule has 1 aliphatic heterocycles. The van der Waals surface area contributed by atoms with E-state index in [1.54, 1.807) is 0 Å². The summed E-state index contributed by atoms with van der Waals surface area (Å²) in [4.78, 5) is 0. The van der Waals surface area contributed by atoms with Gasteiger partial charge in [-0.1, -0.05) is 32.9 Å². The molecule has 1 heterocycles. The molecule has 0 N–H and O–H groups in total. The quantitative estimate of drug-likeness (QED) is 0.807. The Morgan fingerprint density at radius 1 is 1.12 bits per heavy atom. The van der Waals surface area contributed by atoms with Crippen molar-refractivity contribution in [2.24, 2.45) is 0 Å². The molecule has 1 aliphatic rings. The fraction of sp³-hybridized carbons (Fsp3) is 0.571. The zero-order valence-electron chi connectivity index (χ0n) is 10.7. The molecule has 0 amide bonds. The lowest BCUT2D eigenvalue weighted by molar-refractivity contribution is -0.0684. The molecular formula is C14H20O3. The maximum absolute atomic E-state index is 5.61. The Kier molecular flexibility index (Phi) is 3.69. The molecule has 1 aromatic carbocycles. The largest absolute Gasteiger partial charge is 0.488 e. The summed E-state index contributed by atoms with van der Waals surface area (Å²) in [6, 6.07) is 8.20. The van der Waals surface area contributed by atoms with E-state index in [9.17, 15) is 0 Å². The van der Waals surface area contributed by atoms with Crippen molar-refractivity contribution >= 4 is 0 Å². The minimum Gasteiger partial charge on any atom is -0.488 e. The Labute approximate surface area is 103 Å². The number of hydrogen-bond donors (Lipinski definition) is 0. The van der Waals surface area contributed by atoms with E-state index >= 15 is 0 Å². The van der Waals surface area contributed by atoms with Crippen LogP contribution in [0.15, 0.2) is 24.3 Å². The molecule has 0 aromatic heterocycles. The van der Waals surface area contributed by atoms with E-state index in [4.69, 9.17) is 14.2 Å². The Hall–Kier alpha value is -1.06. The van der Waals surface area contributed by atoms with Crippen LogP contribution in [0.1, 0.15) is 26.3 Å². The van der Waals surface area contributed by atoms with Crippen molar-refractivity contribution in [3.8, 4) is 5.75 Å². The molecule has 0 radical (unpaired) electrons. The third kappa shape index (κ3) is 3.45. The smallest absolute Gasteiger partial charge is 0.191 e. The molecule has 0 spiro atoms. The minimum atomic E-state index is -0.211. The summed E-state index contributed by atoms with van der Waals surface area (Å²) in [5, 5.41) is 0. The average molecular weight is 236 g/mol. The van der Waals surface area contributed by atoms with Crippen LogP contribution in [0.3, 0.4) is 0 Å². The summed E-state index contributed by atoms with van der Waals surface area (Å²) >= 11 is 0. The molecule has 1 aromatic rings. The third-order valence-corrected chi connectivity index (χ3v) is 2.80. The van der Waals surface area contributed by atoms with Crippen LogP contribution < -0.4 is 4.74 Å². The highest BCUT2D eigenvalue weighted by Crippen LogP contribution is 2.24. The average Bonchev–Trinajstić information content (AvgIpc) is 2.78. The molecule has 1 saturated heterocycles. The second kappa shape index (κ2) is 5.07. The highest BCUT2D eigenvalue weighted by molar-refractivity contribution is 5.31. The van der Waals surface area contributed by atoms with E-state index in [1.165, 1.54) is 5.56 Å². The number of ether oxygens (including phenoxy) is 3. The maximum Gasteiger partial charge on any atom is 0.191 e. The van der Waals surface area contributed by atoms with Gasteiger partial charge in [-0.3, -0.25) is 0 Å². The van der Waals surface area contributed by atoms with Crippen molar-refractivity contribution in [2.45, 2.75) is 32.5 Å². The highest BCUT2D eigenvalue weighted by atomic mass is 16.7. The van der Waals surface area contributed by atoms with Crippen LogP contribution >= 0.6 is 0 Å². The zero-order chi connectivity index (χ0) is 12.3. The fourth-order valence-electron chi connectivity index (χ4n) is 1.72. The van der Waals surface area contributed by atoms with Crippen LogP contribution in [0.25, 0.3) is 0 Å². The van der Waals surface area contributed by atoms with Crippen molar-refractivity contribution in [3.05, 3.63) is 29.8 Å². The molecule has 1 fully saturated rings. The van der Waals surface area contributed by atoms with Gasteiger partial charge in [0.2, 0.25) is 0 Å². The molecule has 0 saturated carbocycles. The lowest BCUT2D eigenvalue weighted by atomic mass is 9.87. The van der Waals surface area contributed by atoms with Gasteiger partial charge in [0.25, 0.3) is 0 Å². The van der Waals surface area contributed by atoms with Crippen LogP contribution in [0, 0.1) is 0 Å². The van der Waals surface area contributed by atoms with Gasteiger partial charge in [-0.25, -0.2) is 0 Å². The van der Waals surface area contributed by atoms with Gasteiger partial charge in [0.1, 0.15) is 12.4 Å². The normalized spacial score (nSPS) is 17.4. The van der Waals surface area contributed by atoms with Crippen LogP contribution in [0.4, 0.5) is 0 Å². The van der Waals surface area contributed by atoms with Gasteiger partial charge < -0.3 is 14.2 Å². The van der Waals surface area contributed by atoms with Crippen LogP contribution in [0.5, 0.6) is 5.75 Å². The zero-order valence-corrected chi connectivity index (χ0v) is 10.7. The van der Waals surface area contributed by atoms with E-state index in [2.05, 4.69) is 32.9 Å². The van der Waals surface area contributed by atoms with E-state index < -0.39 is 0 Å². The summed E-state index contributed by atoms with van der Waals surface area (Å²) < 4.78 is 16.2. The Bertz CT molecular complexity index is 345. The fourth-order valence-corrected chi connectivity index (χ4v) is 1.72. The predicted octanol–water partition coefficient (Wildman–Crippen LogP) is 2.74. The molecule has 0 atom stereocenters. The first-order valence-electron chi connectivity index (χ1n) is 6.02. The first kappa shape index (κ1) is 12.4. The van der Waals surface area contributed by atoms with Crippen LogP contribution in [-0.4, -0.2) is 26.1 Å². The monoisotopic (exact) mass is 236 g/mol. The van der Waals surface area contributed by atoms with Crippen LogP contribution in [0.2, 0.25) is 0 Å². The first-order chi connectivity index (χ1) is 8.05. The lowest BCUT2D eigenvalue weighted by Gasteiger charge is -2.19. The van der Waals surface area contributed by atoms with Gasteiger partial charge in [-0.2, -0.15) is 0 Å². The third-order valence-electron chi connectivity index (χ3n) is 2.80. The summed E-state index contributed by atoms with van der Waals surface area (Å²) in [6.45, 7) is 8.37. The standard InChI is InChI=1S/C14H20O3/c1-14(2,3)11-4-6-12(7-5-11)17-10-13-15-8-9-16-13/h4-7,13H,8-10H2,1-3H3. The molecule has 0 aliphatic carbocycles. The molecule has 3 nitrogen and oxygen atoms in total. The number of benzene rings is 1. The molecule has 2 rings (SSSR count). The summed E-state index contributed by atoms with van der Waals surface area (Å²) in [7, 11) is 0. The SMILES string of the molecule is CC(C)(C)c1ccc(OCC2OCCO2)cc1. The Morgan fingerprint density at radius 2 is 1.71 bits per heavy atom. The van der Waals surface area contributed by atoms with Gasteiger partial charge >= 0.3 is 0 Å². The molecule has 17 heavy (non-hydrogen) atoms. The summed E-state index contributed by atoms with van der Waals surface area (Å²) in [5.41, 5.74) is 1.48. The van der Waals surface area contributed by atoms with Gasteiger partial charge in [0.15, 0.2) is 6.29 Å². The van der Waals surface area contributed by atoms with Gasteiger partial charge in [-0.15, -0.1) is 0 Å². The Balaban J connectivity index is 1.89. The van der Waals surface area contributed by atoms with Crippen molar-refractivity contribution in [1.29, 1.82) is 0 Å². The van der Waals surface area contributed by atoms with Gasteiger partial charge in [0, 0.05) is 0 Å². The molecule has 0 bridgehead atoms. The van der Waals surface area contributed by atoms with Crippen molar-refractivity contribution in [3.63, 3.8) is 0 Å². The van der Waals surface area contributed by atoms with Crippen molar-refractivity contribution < 1.29 is 14.2 Å². The van der Waals surface area contributed by atoms with Crippen molar-refractivity contribution in [1.82, 2.24) is 0 Å². The summed E-state index contributed by atoms with van der Waals surface area (Å²) in [5.74, 6) is 0.858. The first-order valence-corrected chi connectivity index (χ1v) is 6.02. The highest BCUT2D eigenvalue weighted by Gasteiger charge is 2.17.